The Labute approximate surface area is 168 Å². The van der Waals surface area contributed by atoms with E-state index in [4.69, 9.17) is 4.74 Å². The van der Waals surface area contributed by atoms with Gasteiger partial charge < -0.3 is 4.74 Å². The molecule has 1 heterocycles. The molecule has 1 atom stereocenters. The fourth-order valence-corrected chi connectivity index (χ4v) is 5.16. The number of nitrogens with one attached hydrogen (secondary N) is 1. The molecule has 8 heteroatoms. The van der Waals surface area contributed by atoms with Gasteiger partial charge in [0, 0.05) is 6.54 Å². The number of fused-ring (bicyclic) bond motifs is 1. The molecule has 0 aliphatic carbocycles. The molecule has 3 aromatic rings. The van der Waals surface area contributed by atoms with Crippen LogP contribution in [0.3, 0.4) is 0 Å². The number of aryl methyl sites for hydroxylation is 2. The van der Waals surface area contributed by atoms with Crippen LogP contribution < -0.4 is 14.3 Å². The maximum Gasteiger partial charge on any atom is 0.308 e. The van der Waals surface area contributed by atoms with Crippen molar-refractivity contribution in [3.05, 3.63) is 57.7 Å². The molecule has 0 aliphatic heterocycles. The van der Waals surface area contributed by atoms with E-state index in [1.165, 1.54) is 6.07 Å². The van der Waals surface area contributed by atoms with Gasteiger partial charge >= 0.3 is 4.87 Å². The number of nitrogens with zero attached hydrogens (tertiary/aromatic N) is 1. The summed E-state index contributed by atoms with van der Waals surface area (Å²) in [7, 11) is -3.71. The Kier molecular flexibility index (Phi) is 6.22. The van der Waals surface area contributed by atoms with E-state index in [-0.39, 0.29) is 16.4 Å². The number of sulfonamides is 1. The van der Waals surface area contributed by atoms with Crippen LogP contribution in [-0.4, -0.2) is 25.6 Å². The van der Waals surface area contributed by atoms with Crippen LogP contribution in [0.1, 0.15) is 25.8 Å². The van der Waals surface area contributed by atoms with Crippen LogP contribution in [0.25, 0.3) is 10.2 Å². The lowest BCUT2D eigenvalue weighted by molar-refractivity contribution is 0.287. The van der Waals surface area contributed by atoms with E-state index in [2.05, 4.69) is 4.72 Å². The average molecular weight is 421 g/mol. The van der Waals surface area contributed by atoms with Crippen molar-refractivity contribution in [3.8, 4) is 5.75 Å². The van der Waals surface area contributed by atoms with Gasteiger partial charge in [-0.15, -0.1) is 0 Å². The molecule has 6 nitrogen and oxygen atoms in total. The van der Waals surface area contributed by atoms with Gasteiger partial charge in [0.05, 0.1) is 21.2 Å². The van der Waals surface area contributed by atoms with E-state index in [0.29, 0.717) is 17.0 Å². The van der Waals surface area contributed by atoms with E-state index in [9.17, 15) is 13.2 Å². The van der Waals surface area contributed by atoms with E-state index in [1.807, 2.05) is 38.1 Å². The third kappa shape index (κ3) is 4.63. The molecule has 0 bridgehead atoms. The molecule has 0 saturated carbocycles. The highest BCUT2D eigenvalue weighted by Crippen LogP contribution is 2.22. The summed E-state index contributed by atoms with van der Waals surface area (Å²) in [5.41, 5.74) is 1.90. The standard InChI is InChI=1S/C20H24N2O4S2/c1-4-11-22-18-10-9-17(12-19(18)27-20(22)23)28(24,25)21-15(3)13-26-16-7-5-14(2)6-8-16/h5-10,12,15,21H,4,11,13H2,1-3H3. The lowest BCUT2D eigenvalue weighted by Crippen LogP contribution is -2.36. The zero-order chi connectivity index (χ0) is 20.3. The number of hydrogen-bond acceptors (Lipinski definition) is 5. The molecule has 0 radical (unpaired) electrons. The first-order valence-electron chi connectivity index (χ1n) is 9.15. The van der Waals surface area contributed by atoms with E-state index in [1.54, 1.807) is 23.6 Å². The van der Waals surface area contributed by atoms with Crippen LogP contribution in [0.2, 0.25) is 0 Å². The molecule has 0 aliphatic rings. The lowest BCUT2D eigenvalue weighted by Gasteiger charge is -2.15. The summed E-state index contributed by atoms with van der Waals surface area (Å²) in [5, 5.41) is 0. The second kappa shape index (κ2) is 8.46. The molecule has 0 amide bonds. The zero-order valence-corrected chi connectivity index (χ0v) is 17.8. The first-order chi connectivity index (χ1) is 13.3. The van der Waals surface area contributed by atoms with Crippen molar-refractivity contribution in [2.45, 2.75) is 44.7 Å². The predicted molar refractivity (Wildman–Crippen MR) is 113 cm³/mol. The maximum atomic E-state index is 12.7. The van der Waals surface area contributed by atoms with Gasteiger partial charge in [0.1, 0.15) is 12.4 Å². The average Bonchev–Trinajstić information content (AvgIpc) is 2.96. The van der Waals surface area contributed by atoms with E-state index in [0.717, 1.165) is 28.8 Å². The van der Waals surface area contributed by atoms with Crippen molar-refractivity contribution in [1.29, 1.82) is 0 Å². The summed E-state index contributed by atoms with van der Waals surface area (Å²) in [6.07, 6.45) is 0.839. The van der Waals surface area contributed by atoms with Crippen molar-refractivity contribution in [2.24, 2.45) is 0 Å². The highest BCUT2D eigenvalue weighted by atomic mass is 32.2. The Morgan fingerprint density at radius 3 is 2.57 bits per heavy atom. The van der Waals surface area contributed by atoms with Crippen LogP contribution in [0.4, 0.5) is 0 Å². The van der Waals surface area contributed by atoms with Gasteiger partial charge in [-0.25, -0.2) is 13.1 Å². The minimum atomic E-state index is -3.71. The molecule has 1 N–H and O–H groups in total. The molecule has 150 valence electrons. The van der Waals surface area contributed by atoms with Crippen molar-refractivity contribution < 1.29 is 13.2 Å². The summed E-state index contributed by atoms with van der Waals surface area (Å²) in [4.78, 5) is 12.2. The van der Waals surface area contributed by atoms with Gasteiger partial charge in [-0.2, -0.15) is 0 Å². The van der Waals surface area contributed by atoms with E-state index < -0.39 is 16.1 Å². The highest BCUT2D eigenvalue weighted by Gasteiger charge is 2.19. The largest absolute Gasteiger partial charge is 0.492 e. The fraction of sp³-hybridized carbons (Fsp3) is 0.350. The summed E-state index contributed by atoms with van der Waals surface area (Å²) in [6, 6.07) is 12.0. The Balaban J connectivity index is 1.72. The fourth-order valence-electron chi connectivity index (χ4n) is 2.87. The smallest absolute Gasteiger partial charge is 0.308 e. The van der Waals surface area contributed by atoms with Gasteiger partial charge in [-0.1, -0.05) is 36.0 Å². The second-order valence-electron chi connectivity index (χ2n) is 6.80. The maximum absolute atomic E-state index is 12.7. The number of hydrogen-bond donors (Lipinski definition) is 1. The van der Waals surface area contributed by atoms with Crippen LogP contribution in [0.5, 0.6) is 5.75 Å². The lowest BCUT2D eigenvalue weighted by atomic mass is 10.2. The summed E-state index contributed by atoms with van der Waals surface area (Å²) >= 11 is 1.07. The van der Waals surface area contributed by atoms with Crippen molar-refractivity contribution in [1.82, 2.24) is 9.29 Å². The van der Waals surface area contributed by atoms with Gasteiger partial charge in [0.15, 0.2) is 0 Å². The molecular weight excluding hydrogens is 396 g/mol. The highest BCUT2D eigenvalue weighted by molar-refractivity contribution is 7.89. The predicted octanol–water partition coefficient (Wildman–Crippen LogP) is 3.53. The van der Waals surface area contributed by atoms with Crippen LogP contribution in [-0.2, 0) is 16.6 Å². The number of benzene rings is 2. The summed E-state index contributed by atoms with van der Waals surface area (Å²) in [5.74, 6) is 0.695. The normalized spacial score (nSPS) is 13.0. The quantitative estimate of drug-likeness (QED) is 0.605. The Bertz CT molecular complexity index is 1120. The SMILES string of the molecule is CCCn1c(=O)sc2cc(S(=O)(=O)NC(C)COc3ccc(C)cc3)ccc21. The molecule has 28 heavy (non-hydrogen) atoms. The molecular formula is C20H24N2O4S2. The summed E-state index contributed by atoms with van der Waals surface area (Å²) < 4.78 is 36.1. The number of thiazole rings is 1. The van der Waals surface area contributed by atoms with Gasteiger partial charge in [0.2, 0.25) is 10.0 Å². The molecule has 1 unspecified atom stereocenters. The van der Waals surface area contributed by atoms with Crippen molar-refractivity contribution >= 4 is 31.6 Å². The second-order valence-corrected chi connectivity index (χ2v) is 9.50. The first-order valence-corrected chi connectivity index (χ1v) is 11.5. The Morgan fingerprint density at radius 1 is 1.18 bits per heavy atom. The van der Waals surface area contributed by atoms with Crippen LogP contribution in [0, 0.1) is 6.92 Å². The number of ether oxygens (including phenoxy) is 1. The van der Waals surface area contributed by atoms with Crippen LogP contribution in [0.15, 0.2) is 52.2 Å². The molecule has 0 fully saturated rings. The third-order valence-corrected chi connectivity index (χ3v) is 6.80. The minimum absolute atomic E-state index is 0.0702. The third-order valence-electron chi connectivity index (χ3n) is 4.27. The van der Waals surface area contributed by atoms with Gasteiger partial charge in [-0.05, 0) is 50.6 Å². The molecule has 2 aromatic carbocycles. The first kappa shape index (κ1) is 20.6. The van der Waals surface area contributed by atoms with Gasteiger partial charge in [0.25, 0.3) is 0 Å². The zero-order valence-electron chi connectivity index (χ0n) is 16.1. The molecule has 1 aromatic heterocycles. The van der Waals surface area contributed by atoms with Crippen molar-refractivity contribution in [2.75, 3.05) is 6.61 Å². The van der Waals surface area contributed by atoms with Gasteiger partial charge in [-0.3, -0.25) is 9.36 Å². The minimum Gasteiger partial charge on any atom is -0.492 e. The molecule has 0 spiro atoms. The number of rotatable bonds is 8. The number of aromatic nitrogens is 1. The van der Waals surface area contributed by atoms with E-state index >= 15 is 0 Å². The monoisotopic (exact) mass is 420 g/mol. The topological polar surface area (TPSA) is 77.4 Å². The van der Waals surface area contributed by atoms with Crippen molar-refractivity contribution in [3.63, 3.8) is 0 Å². The Morgan fingerprint density at radius 2 is 1.89 bits per heavy atom. The molecule has 3 rings (SSSR count). The molecule has 0 saturated heterocycles. The Hall–Kier alpha value is -2.16. The van der Waals surface area contributed by atoms with Crippen LogP contribution >= 0.6 is 11.3 Å². The summed E-state index contributed by atoms with van der Waals surface area (Å²) in [6.45, 7) is 6.57.